The van der Waals surface area contributed by atoms with Gasteiger partial charge in [-0.05, 0) is 42.2 Å². The third-order valence-electron chi connectivity index (χ3n) is 8.24. The van der Waals surface area contributed by atoms with E-state index in [0.29, 0.717) is 17.6 Å². The maximum Gasteiger partial charge on any atom is 0.342 e. The Kier molecular flexibility index (Phi) is 5.37. The number of rotatable bonds is 4. The standard InChI is InChI=1S/C24H31ClO7/c1-11-17(14(27)7-15(31-5)19(11)25)21(29)32-16-9-23(4)18-12(8-22(2,3)20(18)28)6-13(10-26)24(16,23)30/h6-7,12,16,18,20,26-28,30H,8-10H2,1-5H3/t12-,16-,18?,20-,23-,24+/m1/s1. The van der Waals surface area contributed by atoms with E-state index in [1.165, 1.54) is 13.2 Å². The minimum Gasteiger partial charge on any atom is -0.507 e. The maximum atomic E-state index is 13.0. The number of methoxy groups -OCH3 is 1. The highest BCUT2D eigenvalue weighted by molar-refractivity contribution is 6.33. The molecule has 0 bridgehead atoms. The Bertz CT molecular complexity index is 1000. The number of carbonyl (C=O) groups is 1. The highest BCUT2D eigenvalue weighted by Crippen LogP contribution is 2.68. The second kappa shape index (κ2) is 7.35. The molecule has 1 aromatic rings. The fraction of sp³-hybridized carbons (Fsp3) is 0.625. The Balaban J connectivity index is 1.67. The van der Waals surface area contributed by atoms with Gasteiger partial charge in [0.1, 0.15) is 28.8 Å². The average Bonchev–Trinajstić information content (AvgIpc) is 2.95. The van der Waals surface area contributed by atoms with Gasteiger partial charge in [0.15, 0.2) is 0 Å². The third kappa shape index (κ3) is 2.87. The van der Waals surface area contributed by atoms with Crippen LogP contribution >= 0.6 is 11.6 Å². The molecule has 0 radical (unpaired) electrons. The quantitative estimate of drug-likeness (QED) is 0.398. The van der Waals surface area contributed by atoms with Crippen LogP contribution in [-0.4, -0.2) is 57.9 Å². The highest BCUT2D eigenvalue weighted by atomic mass is 35.5. The molecular formula is C24H31ClO7. The summed E-state index contributed by atoms with van der Waals surface area (Å²) in [7, 11) is 1.40. The number of hydrogen-bond donors (Lipinski definition) is 4. The zero-order valence-corrected chi connectivity index (χ0v) is 19.7. The number of fused-ring (bicyclic) bond motifs is 3. The smallest absolute Gasteiger partial charge is 0.342 e. The van der Waals surface area contributed by atoms with E-state index in [9.17, 15) is 25.2 Å². The van der Waals surface area contributed by atoms with Crippen molar-refractivity contribution in [3.05, 3.63) is 33.9 Å². The molecule has 0 spiro atoms. The van der Waals surface area contributed by atoms with Crippen molar-refractivity contribution >= 4 is 17.6 Å². The largest absolute Gasteiger partial charge is 0.507 e. The molecule has 8 heteroatoms. The number of hydrogen-bond acceptors (Lipinski definition) is 7. The Morgan fingerprint density at radius 2 is 1.94 bits per heavy atom. The first-order valence-electron chi connectivity index (χ1n) is 10.8. The van der Waals surface area contributed by atoms with E-state index in [1.807, 2.05) is 26.8 Å². The minimum atomic E-state index is -1.61. The number of ether oxygens (including phenoxy) is 2. The maximum absolute atomic E-state index is 13.0. The topological polar surface area (TPSA) is 116 Å². The van der Waals surface area contributed by atoms with Crippen LogP contribution in [0.4, 0.5) is 0 Å². The number of halogens is 1. The monoisotopic (exact) mass is 466 g/mol. The van der Waals surface area contributed by atoms with Gasteiger partial charge in [0, 0.05) is 17.4 Å². The molecule has 2 saturated carbocycles. The summed E-state index contributed by atoms with van der Waals surface area (Å²) in [6, 6.07) is 1.24. The Hall–Kier alpha value is -1.80. The second-order valence-electron chi connectivity index (χ2n) is 10.4. The molecule has 0 saturated heterocycles. The molecule has 176 valence electrons. The molecule has 3 aliphatic carbocycles. The van der Waals surface area contributed by atoms with Crippen LogP contribution in [0.2, 0.25) is 5.02 Å². The number of allylic oxidation sites excluding steroid dienone is 1. The number of aromatic hydroxyl groups is 1. The van der Waals surface area contributed by atoms with Gasteiger partial charge >= 0.3 is 5.97 Å². The molecule has 4 rings (SSSR count). The van der Waals surface area contributed by atoms with Crippen LogP contribution in [0.25, 0.3) is 0 Å². The molecule has 7 nitrogen and oxygen atoms in total. The van der Waals surface area contributed by atoms with Gasteiger partial charge in [0.2, 0.25) is 0 Å². The van der Waals surface area contributed by atoms with Gasteiger partial charge in [0.25, 0.3) is 0 Å². The van der Waals surface area contributed by atoms with E-state index in [2.05, 4.69) is 0 Å². The number of aliphatic hydroxyl groups excluding tert-OH is 2. The van der Waals surface area contributed by atoms with Crippen LogP contribution in [0.1, 0.15) is 49.5 Å². The van der Waals surface area contributed by atoms with Crippen LogP contribution < -0.4 is 4.74 Å². The van der Waals surface area contributed by atoms with Crippen LogP contribution in [0.5, 0.6) is 11.5 Å². The lowest BCUT2D eigenvalue weighted by molar-refractivity contribution is -0.260. The molecule has 2 fully saturated rings. The van der Waals surface area contributed by atoms with Crippen LogP contribution in [0, 0.1) is 29.6 Å². The fourth-order valence-electron chi connectivity index (χ4n) is 6.47. The number of carbonyl (C=O) groups excluding carboxylic acids is 1. The normalized spacial score (nSPS) is 37.1. The van der Waals surface area contributed by atoms with Gasteiger partial charge in [-0.3, -0.25) is 0 Å². The third-order valence-corrected chi connectivity index (χ3v) is 8.71. The summed E-state index contributed by atoms with van der Waals surface area (Å²) in [6.07, 6.45) is 1.34. The Morgan fingerprint density at radius 1 is 1.28 bits per heavy atom. The number of phenols is 1. The van der Waals surface area contributed by atoms with Gasteiger partial charge < -0.3 is 29.9 Å². The van der Waals surface area contributed by atoms with Crippen molar-refractivity contribution in [1.29, 1.82) is 0 Å². The number of aliphatic hydroxyl groups is 3. The first-order valence-corrected chi connectivity index (χ1v) is 11.2. The van der Waals surface area contributed by atoms with Gasteiger partial charge in [-0.1, -0.05) is 38.4 Å². The summed E-state index contributed by atoms with van der Waals surface area (Å²) in [5.74, 6) is -1.13. The van der Waals surface area contributed by atoms with E-state index in [4.69, 9.17) is 21.1 Å². The molecule has 3 aliphatic rings. The second-order valence-corrected chi connectivity index (χ2v) is 10.7. The lowest BCUT2D eigenvalue weighted by Crippen LogP contribution is -2.74. The number of phenolic OH excluding ortho intramolecular Hbond substituents is 1. The average molecular weight is 467 g/mol. The van der Waals surface area contributed by atoms with Crippen molar-refractivity contribution < 1.29 is 34.7 Å². The Labute approximate surface area is 192 Å². The van der Waals surface area contributed by atoms with Gasteiger partial charge in [-0.2, -0.15) is 0 Å². The lowest BCUT2D eigenvalue weighted by atomic mass is 9.43. The van der Waals surface area contributed by atoms with E-state index in [-0.39, 0.29) is 45.9 Å². The molecule has 0 aromatic heterocycles. The minimum absolute atomic E-state index is 0.0239. The zero-order chi connectivity index (χ0) is 23.8. The molecule has 0 amide bonds. The summed E-state index contributed by atoms with van der Waals surface area (Å²) in [6.45, 7) is 7.08. The van der Waals surface area contributed by atoms with Crippen LogP contribution in [0.3, 0.4) is 0 Å². The van der Waals surface area contributed by atoms with Crippen molar-refractivity contribution in [2.75, 3.05) is 13.7 Å². The fourth-order valence-corrected chi connectivity index (χ4v) is 6.70. The summed E-state index contributed by atoms with van der Waals surface area (Å²) in [5.41, 5.74) is -2.10. The molecule has 1 unspecified atom stereocenters. The SMILES string of the molecule is COc1cc(O)c(C(=O)O[C@@H]2C[C@]3(C)C4[C@H](C=C(CO)[C@]23O)CC(C)(C)[C@@H]4O)c(C)c1Cl. The van der Waals surface area contributed by atoms with E-state index in [0.717, 1.165) is 6.42 Å². The first kappa shape index (κ1) is 23.4. The summed E-state index contributed by atoms with van der Waals surface area (Å²) < 4.78 is 10.8. The first-order chi connectivity index (χ1) is 14.8. The van der Waals surface area contributed by atoms with Gasteiger partial charge in [-0.25, -0.2) is 4.79 Å². The molecule has 4 N–H and O–H groups in total. The molecule has 1 aromatic carbocycles. The highest BCUT2D eigenvalue weighted by Gasteiger charge is 2.74. The van der Waals surface area contributed by atoms with Gasteiger partial charge in [0.05, 0.1) is 24.8 Å². The number of benzene rings is 1. The predicted molar refractivity (Wildman–Crippen MR) is 118 cm³/mol. The summed E-state index contributed by atoms with van der Waals surface area (Å²) in [4.78, 5) is 13.0. The van der Waals surface area contributed by atoms with Crippen molar-refractivity contribution in [2.24, 2.45) is 22.7 Å². The predicted octanol–water partition coefficient (Wildman–Crippen LogP) is 2.98. The summed E-state index contributed by atoms with van der Waals surface area (Å²) >= 11 is 6.25. The van der Waals surface area contributed by atoms with E-state index in [1.54, 1.807) is 6.92 Å². The summed E-state index contributed by atoms with van der Waals surface area (Å²) in [5, 5.41) is 43.4. The Morgan fingerprint density at radius 3 is 2.53 bits per heavy atom. The van der Waals surface area contributed by atoms with Gasteiger partial charge in [-0.15, -0.1) is 0 Å². The van der Waals surface area contributed by atoms with Crippen molar-refractivity contribution in [2.45, 2.75) is 58.3 Å². The molecule has 32 heavy (non-hydrogen) atoms. The number of esters is 1. The lowest BCUT2D eigenvalue weighted by Gasteiger charge is -2.65. The molecular weight excluding hydrogens is 436 g/mol. The van der Waals surface area contributed by atoms with Crippen molar-refractivity contribution in [1.82, 2.24) is 0 Å². The van der Waals surface area contributed by atoms with E-state index < -0.39 is 29.2 Å². The molecule has 0 heterocycles. The van der Waals surface area contributed by atoms with Crippen LogP contribution in [0.15, 0.2) is 17.7 Å². The van der Waals surface area contributed by atoms with E-state index >= 15 is 0 Å². The zero-order valence-electron chi connectivity index (χ0n) is 19.0. The van der Waals surface area contributed by atoms with Crippen LogP contribution in [-0.2, 0) is 4.74 Å². The van der Waals surface area contributed by atoms with Crippen molar-refractivity contribution in [3.8, 4) is 11.5 Å². The molecule has 0 aliphatic heterocycles. The molecule has 6 atom stereocenters. The van der Waals surface area contributed by atoms with Crippen molar-refractivity contribution in [3.63, 3.8) is 0 Å².